The van der Waals surface area contributed by atoms with E-state index in [2.05, 4.69) is 10.1 Å². The first kappa shape index (κ1) is 20.4. The van der Waals surface area contributed by atoms with Crippen molar-refractivity contribution in [2.45, 2.75) is 13.2 Å². The van der Waals surface area contributed by atoms with Crippen molar-refractivity contribution in [1.29, 1.82) is 0 Å². The van der Waals surface area contributed by atoms with E-state index in [-0.39, 0.29) is 23.6 Å². The van der Waals surface area contributed by atoms with E-state index >= 15 is 0 Å². The molecular formula is C18H16ClF2NO5. The van der Waals surface area contributed by atoms with Crippen molar-refractivity contribution < 1.29 is 32.6 Å². The van der Waals surface area contributed by atoms with Crippen LogP contribution in [-0.4, -0.2) is 32.2 Å². The number of carbonyl (C=O) groups excluding carboxylic acids is 2. The van der Waals surface area contributed by atoms with Crippen molar-refractivity contribution in [3.8, 4) is 11.5 Å². The summed E-state index contributed by atoms with van der Waals surface area (Å²) in [4.78, 5) is 23.6. The van der Waals surface area contributed by atoms with Gasteiger partial charge in [0.25, 0.3) is 5.91 Å². The Hall–Kier alpha value is -2.87. The lowest BCUT2D eigenvalue weighted by atomic mass is 10.2. The summed E-state index contributed by atoms with van der Waals surface area (Å²) in [5.41, 5.74) is 0.817. The molecular weight excluding hydrogens is 384 g/mol. The van der Waals surface area contributed by atoms with Crippen LogP contribution in [-0.2, 0) is 16.1 Å². The number of amides is 1. The minimum atomic E-state index is -2.97. The first-order valence-electron chi connectivity index (χ1n) is 7.70. The third-order valence-corrected chi connectivity index (χ3v) is 3.56. The molecule has 0 aliphatic heterocycles. The zero-order valence-corrected chi connectivity index (χ0v) is 15.0. The van der Waals surface area contributed by atoms with Gasteiger partial charge in [-0.05, 0) is 35.9 Å². The average molecular weight is 400 g/mol. The van der Waals surface area contributed by atoms with Crippen molar-refractivity contribution in [3.05, 3.63) is 58.6 Å². The molecule has 0 atom stereocenters. The molecule has 0 spiro atoms. The normalized spacial score (nSPS) is 10.4. The summed E-state index contributed by atoms with van der Waals surface area (Å²) in [6.45, 7) is -3.37. The van der Waals surface area contributed by atoms with Crippen LogP contribution in [0.4, 0.5) is 8.78 Å². The fourth-order valence-electron chi connectivity index (χ4n) is 2.10. The third kappa shape index (κ3) is 6.41. The predicted molar refractivity (Wildman–Crippen MR) is 93.2 cm³/mol. The lowest BCUT2D eigenvalue weighted by molar-refractivity contribution is -0.124. The molecule has 0 radical (unpaired) electrons. The maximum absolute atomic E-state index is 12.3. The lowest BCUT2D eigenvalue weighted by Gasteiger charge is -2.12. The highest BCUT2D eigenvalue weighted by Crippen LogP contribution is 2.29. The molecule has 0 aliphatic rings. The number of halogens is 3. The largest absolute Gasteiger partial charge is 0.493 e. The summed E-state index contributed by atoms with van der Waals surface area (Å²) < 4.78 is 38.8. The van der Waals surface area contributed by atoms with Crippen LogP contribution in [0, 0.1) is 0 Å². The van der Waals surface area contributed by atoms with E-state index in [9.17, 15) is 18.4 Å². The Balaban J connectivity index is 1.85. The smallest absolute Gasteiger partial charge is 0.387 e. The molecule has 0 aliphatic carbocycles. The lowest BCUT2D eigenvalue weighted by Crippen LogP contribution is -2.28. The number of hydrogen-bond acceptors (Lipinski definition) is 5. The van der Waals surface area contributed by atoms with Gasteiger partial charge in [-0.15, -0.1) is 0 Å². The van der Waals surface area contributed by atoms with Crippen LogP contribution in [0.5, 0.6) is 11.5 Å². The first-order chi connectivity index (χ1) is 12.9. The number of alkyl halides is 2. The molecule has 2 aromatic rings. The number of rotatable bonds is 8. The molecule has 1 N–H and O–H groups in total. The molecule has 0 unspecified atom stereocenters. The molecule has 0 fully saturated rings. The van der Waals surface area contributed by atoms with E-state index in [1.54, 1.807) is 12.1 Å². The zero-order chi connectivity index (χ0) is 19.8. The third-order valence-electron chi connectivity index (χ3n) is 3.33. The highest BCUT2D eigenvalue weighted by atomic mass is 35.5. The Kier molecular flexibility index (Phi) is 7.36. The van der Waals surface area contributed by atoms with Crippen LogP contribution in [0.25, 0.3) is 0 Å². The van der Waals surface area contributed by atoms with Gasteiger partial charge >= 0.3 is 12.6 Å². The number of hydrogen-bond donors (Lipinski definition) is 1. The Morgan fingerprint density at radius 2 is 1.93 bits per heavy atom. The molecule has 1 amide bonds. The Morgan fingerprint density at radius 1 is 1.15 bits per heavy atom. The average Bonchev–Trinajstić information content (AvgIpc) is 2.64. The maximum Gasteiger partial charge on any atom is 0.387 e. The van der Waals surface area contributed by atoms with Gasteiger partial charge < -0.3 is 19.5 Å². The second-order valence-electron chi connectivity index (χ2n) is 5.23. The molecule has 2 aromatic carbocycles. The number of carbonyl (C=O) groups is 2. The Bertz CT molecular complexity index is 816. The van der Waals surface area contributed by atoms with Crippen molar-refractivity contribution in [2.75, 3.05) is 13.7 Å². The van der Waals surface area contributed by atoms with E-state index in [4.69, 9.17) is 21.1 Å². The van der Waals surface area contributed by atoms with Crippen LogP contribution >= 0.6 is 11.6 Å². The van der Waals surface area contributed by atoms with Crippen molar-refractivity contribution in [2.24, 2.45) is 0 Å². The molecule has 9 heteroatoms. The topological polar surface area (TPSA) is 73.9 Å². The van der Waals surface area contributed by atoms with Crippen LogP contribution in [0.3, 0.4) is 0 Å². The zero-order valence-electron chi connectivity index (χ0n) is 14.2. The fourth-order valence-corrected chi connectivity index (χ4v) is 2.29. The quantitative estimate of drug-likeness (QED) is 0.688. The molecule has 144 valence electrons. The number of ether oxygens (including phenoxy) is 3. The van der Waals surface area contributed by atoms with Gasteiger partial charge in [0.1, 0.15) is 0 Å². The van der Waals surface area contributed by atoms with Gasteiger partial charge in [-0.25, -0.2) is 4.79 Å². The van der Waals surface area contributed by atoms with Crippen LogP contribution < -0.4 is 14.8 Å². The summed E-state index contributed by atoms with van der Waals surface area (Å²) in [6.07, 6.45) is 0. The molecule has 0 saturated heterocycles. The monoisotopic (exact) mass is 399 g/mol. The second kappa shape index (κ2) is 9.72. The van der Waals surface area contributed by atoms with Crippen molar-refractivity contribution in [3.63, 3.8) is 0 Å². The molecule has 0 aromatic heterocycles. The number of esters is 1. The number of nitrogens with one attached hydrogen (secondary N) is 1. The predicted octanol–water partition coefficient (Wildman–Crippen LogP) is 3.42. The minimum Gasteiger partial charge on any atom is -0.493 e. The highest BCUT2D eigenvalue weighted by Gasteiger charge is 2.13. The van der Waals surface area contributed by atoms with Gasteiger partial charge in [-0.3, -0.25) is 4.79 Å². The van der Waals surface area contributed by atoms with Gasteiger partial charge in [0, 0.05) is 11.6 Å². The molecule has 0 heterocycles. The standard InChI is InChI=1S/C18H16ClF2NO5/c1-25-15-7-11(5-6-14(15)27-18(20)21)9-22-16(23)10-26-17(24)12-3-2-4-13(19)8-12/h2-8,18H,9-10H2,1H3,(H,22,23). The Morgan fingerprint density at radius 3 is 2.59 bits per heavy atom. The molecule has 6 nitrogen and oxygen atoms in total. The van der Waals surface area contributed by atoms with Gasteiger partial charge in [0.05, 0.1) is 12.7 Å². The SMILES string of the molecule is COc1cc(CNC(=O)COC(=O)c2cccc(Cl)c2)ccc1OC(F)F. The Labute approximate surface area is 159 Å². The van der Waals surface area contributed by atoms with Crippen molar-refractivity contribution >= 4 is 23.5 Å². The van der Waals surface area contributed by atoms with Crippen LogP contribution in [0.2, 0.25) is 5.02 Å². The maximum atomic E-state index is 12.3. The van der Waals surface area contributed by atoms with Gasteiger partial charge in [-0.2, -0.15) is 8.78 Å². The molecule has 0 saturated carbocycles. The second-order valence-corrected chi connectivity index (χ2v) is 5.66. The van der Waals surface area contributed by atoms with E-state index < -0.39 is 25.1 Å². The number of methoxy groups -OCH3 is 1. The van der Waals surface area contributed by atoms with Gasteiger partial charge in [0.2, 0.25) is 0 Å². The van der Waals surface area contributed by atoms with Crippen LogP contribution in [0.15, 0.2) is 42.5 Å². The summed E-state index contributed by atoms with van der Waals surface area (Å²) in [6, 6.07) is 10.4. The summed E-state index contributed by atoms with van der Waals surface area (Å²) in [5, 5.41) is 2.92. The highest BCUT2D eigenvalue weighted by molar-refractivity contribution is 6.30. The van der Waals surface area contributed by atoms with E-state index in [0.29, 0.717) is 10.6 Å². The number of benzene rings is 2. The van der Waals surface area contributed by atoms with Crippen molar-refractivity contribution in [1.82, 2.24) is 5.32 Å². The minimum absolute atomic E-state index is 0.0822. The molecule has 2 rings (SSSR count). The van der Waals surface area contributed by atoms with Crippen LogP contribution in [0.1, 0.15) is 15.9 Å². The fraction of sp³-hybridized carbons (Fsp3) is 0.222. The van der Waals surface area contributed by atoms with E-state index in [0.717, 1.165) is 0 Å². The van der Waals surface area contributed by atoms with E-state index in [1.807, 2.05) is 0 Å². The first-order valence-corrected chi connectivity index (χ1v) is 8.08. The summed E-state index contributed by atoms with van der Waals surface area (Å²) in [5.74, 6) is -1.22. The van der Waals surface area contributed by atoms with E-state index in [1.165, 1.54) is 37.4 Å². The van der Waals surface area contributed by atoms with Gasteiger partial charge in [0.15, 0.2) is 18.1 Å². The van der Waals surface area contributed by atoms with Gasteiger partial charge in [-0.1, -0.05) is 23.7 Å². The molecule has 0 bridgehead atoms. The summed E-state index contributed by atoms with van der Waals surface area (Å²) >= 11 is 5.78. The summed E-state index contributed by atoms with van der Waals surface area (Å²) in [7, 11) is 1.31. The molecule has 27 heavy (non-hydrogen) atoms.